The second-order valence-electron chi connectivity index (χ2n) is 4.00. The lowest BCUT2D eigenvalue weighted by atomic mass is 9.94. The van der Waals surface area contributed by atoms with Gasteiger partial charge in [-0.2, -0.15) is 0 Å². The summed E-state index contributed by atoms with van der Waals surface area (Å²) >= 11 is 0. The summed E-state index contributed by atoms with van der Waals surface area (Å²) in [7, 11) is 1.73. The van der Waals surface area contributed by atoms with Gasteiger partial charge in [0, 0.05) is 0 Å². The molecule has 1 aromatic carbocycles. The molecule has 0 radical (unpaired) electrons. The maximum absolute atomic E-state index is 5.34. The average molecular weight is 192 g/mol. The molecular weight excluding hydrogens is 172 g/mol. The fourth-order valence-electron chi connectivity index (χ4n) is 1.83. The number of rotatable bonds is 3. The largest absolute Gasteiger partial charge is 0.496 e. The minimum atomic E-state index is 0.637. The van der Waals surface area contributed by atoms with E-state index in [1.54, 1.807) is 7.11 Å². The van der Waals surface area contributed by atoms with Crippen molar-refractivity contribution in [2.24, 2.45) is 0 Å². The molecule has 78 valence electrons. The number of hydrogen-bond acceptors (Lipinski definition) is 1. The summed E-state index contributed by atoms with van der Waals surface area (Å²) in [5, 5.41) is 0. The third kappa shape index (κ3) is 2.09. The molecule has 1 heteroatoms. The third-order valence-electron chi connectivity index (χ3n) is 2.87. The van der Waals surface area contributed by atoms with Crippen LogP contribution in [0.15, 0.2) is 12.1 Å². The van der Waals surface area contributed by atoms with E-state index in [0.717, 1.165) is 5.75 Å². The first kappa shape index (κ1) is 11.1. The maximum atomic E-state index is 5.34. The van der Waals surface area contributed by atoms with E-state index in [1.165, 1.54) is 23.1 Å². The molecule has 0 heterocycles. The van der Waals surface area contributed by atoms with Crippen molar-refractivity contribution in [3.63, 3.8) is 0 Å². The predicted octanol–water partition coefficient (Wildman–Crippen LogP) is 3.83. The molecule has 0 saturated heterocycles. The van der Waals surface area contributed by atoms with Gasteiger partial charge in [-0.1, -0.05) is 26.0 Å². The first-order chi connectivity index (χ1) is 6.60. The Kier molecular flexibility index (Phi) is 3.56. The van der Waals surface area contributed by atoms with Gasteiger partial charge in [0.15, 0.2) is 0 Å². The van der Waals surface area contributed by atoms with Crippen LogP contribution in [-0.4, -0.2) is 7.11 Å². The molecule has 0 N–H and O–H groups in total. The number of methoxy groups -OCH3 is 1. The standard InChI is InChI=1S/C13H20O/c1-6-9(2)12-7-10(3)13(14-5)11(4)8-12/h7-9H,6H2,1-5H3. The van der Waals surface area contributed by atoms with Gasteiger partial charge in [0.1, 0.15) is 5.75 Å². The summed E-state index contributed by atoms with van der Waals surface area (Å²) in [6, 6.07) is 4.47. The fraction of sp³-hybridized carbons (Fsp3) is 0.538. The third-order valence-corrected chi connectivity index (χ3v) is 2.87. The highest BCUT2D eigenvalue weighted by molar-refractivity contribution is 5.44. The molecular formula is C13H20O. The van der Waals surface area contributed by atoms with Gasteiger partial charge in [-0.3, -0.25) is 0 Å². The van der Waals surface area contributed by atoms with Crippen LogP contribution in [0.1, 0.15) is 42.9 Å². The molecule has 0 aliphatic rings. The Labute approximate surface area is 87.1 Å². The zero-order chi connectivity index (χ0) is 10.7. The lowest BCUT2D eigenvalue weighted by molar-refractivity contribution is 0.408. The Hall–Kier alpha value is -0.980. The first-order valence-electron chi connectivity index (χ1n) is 5.25. The number of benzene rings is 1. The van der Waals surface area contributed by atoms with E-state index in [0.29, 0.717) is 5.92 Å². The van der Waals surface area contributed by atoms with E-state index in [2.05, 4.69) is 39.8 Å². The molecule has 0 saturated carbocycles. The highest BCUT2D eigenvalue weighted by Crippen LogP contribution is 2.28. The molecule has 14 heavy (non-hydrogen) atoms. The van der Waals surface area contributed by atoms with Crippen molar-refractivity contribution >= 4 is 0 Å². The zero-order valence-corrected chi connectivity index (χ0v) is 9.85. The molecule has 0 fully saturated rings. The lowest BCUT2D eigenvalue weighted by Crippen LogP contribution is -1.97. The van der Waals surface area contributed by atoms with Crippen molar-refractivity contribution in [2.45, 2.75) is 40.0 Å². The number of ether oxygens (including phenoxy) is 1. The van der Waals surface area contributed by atoms with Gasteiger partial charge in [-0.25, -0.2) is 0 Å². The van der Waals surface area contributed by atoms with Gasteiger partial charge in [-0.15, -0.1) is 0 Å². The highest BCUT2D eigenvalue weighted by Gasteiger charge is 2.08. The minimum absolute atomic E-state index is 0.637. The summed E-state index contributed by atoms with van der Waals surface area (Å²) in [5.74, 6) is 1.66. The molecule has 0 bridgehead atoms. The number of aryl methyl sites for hydroxylation is 2. The van der Waals surface area contributed by atoms with E-state index in [1.807, 2.05) is 0 Å². The van der Waals surface area contributed by atoms with Crippen LogP contribution in [0.25, 0.3) is 0 Å². The topological polar surface area (TPSA) is 9.23 Å². The van der Waals surface area contributed by atoms with Crippen LogP contribution in [-0.2, 0) is 0 Å². The zero-order valence-electron chi connectivity index (χ0n) is 9.85. The van der Waals surface area contributed by atoms with Crippen LogP contribution in [0, 0.1) is 13.8 Å². The number of hydrogen-bond donors (Lipinski definition) is 0. The van der Waals surface area contributed by atoms with Gasteiger partial charge >= 0.3 is 0 Å². The Morgan fingerprint density at radius 1 is 1.21 bits per heavy atom. The average Bonchev–Trinajstić information content (AvgIpc) is 2.16. The monoisotopic (exact) mass is 192 g/mol. The van der Waals surface area contributed by atoms with Crippen LogP contribution < -0.4 is 4.74 Å². The normalized spacial score (nSPS) is 12.6. The van der Waals surface area contributed by atoms with Crippen LogP contribution in [0.2, 0.25) is 0 Å². The first-order valence-corrected chi connectivity index (χ1v) is 5.25. The summed E-state index contributed by atoms with van der Waals surface area (Å²) in [6.45, 7) is 8.70. The van der Waals surface area contributed by atoms with Crippen LogP contribution in [0.5, 0.6) is 5.75 Å². The van der Waals surface area contributed by atoms with Crippen molar-refractivity contribution < 1.29 is 4.74 Å². The molecule has 1 aromatic rings. The maximum Gasteiger partial charge on any atom is 0.124 e. The Bertz CT molecular complexity index is 292. The second kappa shape index (κ2) is 4.50. The fourth-order valence-corrected chi connectivity index (χ4v) is 1.83. The van der Waals surface area contributed by atoms with Crippen LogP contribution in [0.3, 0.4) is 0 Å². The Morgan fingerprint density at radius 3 is 2.07 bits per heavy atom. The molecule has 1 rings (SSSR count). The summed E-state index contributed by atoms with van der Waals surface area (Å²) < 4.78 is 5.34. The van der Waals surface area contributed by atoms with Gasteiger partial charge < -0.3 is 4.74 Å². The van der Waals surface area contributed by atoms with Gasteiger partial charge in [0.25, 0.3) is 0 Å². The van der Waals surface area contributed by atoms with Crippen LogP contribution in [0.4, 0.5) is 0 Å². The van der Waals surface area contributed by atoms with E-state index in [4.69, 9.17) is 4.74 Å². The summed E-state index contributed by atoms with van der Waals surface area (Å²) in [6.07, 6.45) is 1.19. The molecule has 0 aromatic heterocycles. The molecule has 0 aliphatic carbocycles. The molecule has 0 amide bonds. The quantitative estimate of drug-likeness (QED) is 0.707. The van der Waals surface area contributed by atoms with Gasteiger partial charge in [-0.05, 0) is 42.9 Å². The minimum Gasteiger partial charge on any atom is -0.496 e. The van der Waals surface area contributed by atoms with E-state index in [-0.39, 0.29) is 0 Å². The molecule has 1 nitrogen and oxygen atoms in total. The van der Waals surface area contributed by atoms with E-state index in [9.17, 15) is 0 Å². The van der Waals surface area contributed by atoms with Crippen LogP contribution >= 0.6 is 0 Å². The molecule has 1 unspecified atom stereocenters. The highest BCUT2D eigenvalue weighted by atomic mass is 16.5. The SMILES string of the molecule is CCC(C)c1cc(C)c(OC)c(C)c1. The molecule has 1 atom stereocenters. The van der Waals surface area contributed by atoms with E-state index < -0.39 is 0 Å². The summed E-state index contributed by atoms with van der Waals surface area (Å²) in [4.78, 5) is 0. The Morgan fingerprint density at radius 2 is 1.71 bits per heavy atom. The predicted molar refractivity (Wildman–Crippen MR) is 61.2 cm³/mol. The van der Waals surface area contributed by atoms with Crippen molar-refractivity contribution in [3.05, 3.63) is 28.8 Å². The van der Waals surface area contributed by atoms with E-state index >= 15 is 0 Å². The van der Waals surface area contributed by atoms with Crippen molar-refractivity contribution in [2.75, 3.05) is 7.11 Å². The van der Waals surface area contributed by atoms with Crippen molar-refractivity contribution in [1.29, 1.82) is 0 Å². The molecule has 0 aliphatic heterocycles. The Balaban J connectivity index is 3.13. The van der Waals surface area contributed by atoms with Crippen molar-refractivity contribution in [3.8, 4) is 5.75 Å². The van der Waals surface area contributed by atoms with Crippen molar-refractivity contribution in [1.82, 2.24) is 0 Å². The van der Waals surface area contributed by atoms with Gasteiger partial charge in [0.2, 0.25) is 0 Å². The smallest absolute Gasteiger partial charge is 0.124 e. The summed E-state index contributed by atoms with van der Waals surface area (Å²) in [5.41, 5.74) is 3.90. The molecule has 0 spiro atoms. The van der Waals surface area contributed by atoms with Gasteiger partial charge in [0.05, 0.1) is 7.11 Å². The second-order valence-corrected chi connectivity index (χ2v) is 4.00. The lowest BCUT2D eigenvalue weighted by Gasteiger charge is -2.14.